The van der Waals surface area contributed by atoms with Crippen LogP contribution in [0, 0.1) is 6.92 Å². The number of benzene rings is 1. The van der Waals surface area contributed by atoms with Crippen molar-refractivity contribution in [3.05, 3.63) is 40.5 Å². The van der Waals surface area contributed by atoms with Crippen LogP contribution in [-0.4, -0.2) is 0 Å². The third kappa shape index (κ3) is 1.53. The molecule has 0 fully saturated rings. The van der Waals surface area contributed by atoms with Crippen molar-refractivity contribution in [3.8, 4) is 0 Å². The summed E-state index contributed by atoms with van der Waals surface area (Å²) in [6, 6.07) is 6.59. The molecular weight excluding hydrogens is 156 g/mol. The van der Waals surface area contributed by atoms with Gasteiger partial charge in [-0.25, -0.2) is 0 Å². The second kappa shape index (κ2) is 3.37. The molecule has 0 aromatic heterocycles. The fraction of sp³-hybridized carbons (Fsp3) is 0.385. The van der Waals surface area contributed by atoms with E-state index in [0.29, 0.717) is 0 Å². The van der Waals surface area contributed by atoms with Crippen molar-refractivity contribution in [1.29, 1.82) is 0 Å². The van der Waals surface area contributed by atoms with Gasteiger partial charge in [0.05, 0.1) is 0 Å². The van der Waals surface area contributed by atoms with Gasteiger partial charge in [-0.3, -0.25) is 0 Å². The fourth-order valence-electron chi connectivity index (χ4n) is 2.08. The average molecular weight is 172 g/mol. The number of aryl methyl sites for hydroxylation is 1. The average Bonchev–Trinajstić information content (AvgIpc) is 2.49. The molecule has 1 aliphatic carbocycles. The Labute approximate surface area is 80.3 Å². The molecule has 1 aliphatic rings. The van der Waals surface area contributed by atoms with E-state index in [1.54, 1.807) is 11.1 Å². The molecule has 1 aromatic carbocycles. The minimum atomic E-state index is 1.19. The zero-order chi connectivity index (χ0) is 9.26. The Kier molecular flexibility index (Phi) is 2.22. The molecule has 1 aromatic rings. The fourth-order valence-corrected chi connectivity index (χ4v) is 2.08. The van der Waals surface area contributed by atoms with Crippen LogP contribution < -0.4 is 0 Å². The van der Waals surface area contributed by atoms with Crippen LogP contribution in [0.25, 0.3) is 6.08 Å². The molecule has 0 unspecified atom stereocenters. The number of hydrogen-bond donors (Lipinski definition) is 0. The van der Waals surface area contributed by atoms with Crippen LogP contribution >= 0.6 is 0 Å². The zero-order valence-electron chi connectivity index (χ0n) is 8.43. The first kappa shape index (κ1) is 8.55. The maximum atomic E-state index is 2.37. The lowest BCUT2D eigenvalue weighted by Crippen LogP contribution is -1.88. The molecule has 0 spiro atoms. The quantitative estimate of drug-likeness (QED) is 0.637. The number of fused-ring (bicyclic) bond motifs is 1. The van der Waals surface area contributed by atoms with E-state index in [-0.39, 0.29) is 0 Å². The van der Waals surface area contributed by atoms with Gasteiger partial charge in [0.1, 0.15) is 0 Å². The van der Waals surface area contributed by atoms with E-state index < -0.39 is 0 Å². The van der Waals surface area contributed by atoms with Crippen LogP contribution in [-0.2, 0) is 6.42 Å². The summed E-state index contributed by atoms with van der Waals surface area (Å²) in [5, 5.41) is 0. The molecule has 2 rings (SSSR count). The molecule has 13 heavy (non-hydrogen) atoms. The van der Waals surface area contributed by atoms with Gasteiger partial charge in [-0.15, -0.1) is 0 Å². The molecule has 0 saturated carbocycles. The summed E-state index contributed by atoms with van der Waals surface area (Å²) in [6.07, 6.45) is 6.08. The Balaban J connectivity index is 2.30. The Morgan fingerprint density at radius 1 is 1.31 bits per heavy atom. The first-order valence-corrected chi connectivity index (χ1v) is 5.09. The van der Waals surface area contributed by atoms with Crippen LogP contribution in [0.2, 0.25) is 0 Å². The Morgan fingerprint density at radius 2 is 2.15 bits per heavy atom. The van der Waals surface area contributed by atoms with E-state index in [9.17, 15) is 0 Å². The SMILES string of the molecule is CCCC1=Cc2cccc(C)c2C1. The lowest BCUT2D eigenvalue weighted by molar-refractivity contribution is 0.884. The molecular formula is C13H16. The van der Waals surface area contributed by atoms with Gasteiger partial charge in [0.2, 0.25) is 0 Å². The van der Waals surface area contributed by atoms with Crippen molar-refractivity contribution in [2.75, 3.05) is 0 Å². The predicted molar refractivity (Wildman–Crippen MR) is 57.8 cm³/mol. The second-order valence-electron chi connectivity index (χ2n) is 3.87. The second-order valence-corrected chi connectivity index (χ2v) is 3.87. The van der Waals surface area contributed by atoms with E-state index in [4.69, 9.17) is 0 Å². The minimum absolute atomic E-state index is 1.19. The van der Waals surface area contributed by atoms with E-state index >= 15 is 0 Å². The molecule has 0 aliphatic heterocycles. The van der Waals surface area contributed by atoms with Gasteiger partial charge in [-0.2, -0.15) is 0 Å². The zero-order valence-corrected chi connectivity index (χ0v) is 8.43. The Bertz CT molecular complexity index is 345. The Hall–Kier alpha value is -1.04. The van der Waals surface area contributed by atoms with Crippen LogP contribution in [0.15, 0.2) is 23.8 Å². The van der Waals surface area contributed by atoms with Crippen LogP contribution in [0.4, 0.5) is 0 Å². The van der Waals surface area contributed by atoms with Crippen molar-refractivity contribution in [2.24, 2.45) is 0 Å². The highest BCUT2D eigenvalue weighted by Gasteiger charge is 2.12. The third-order valence-corrected chi connectivity index (χ3v) is 2.78. The summed E-state index contributed by atoms with van der Waals surface area (Å²) in [5.41, 5.74) is 6.04. The summed E-state index contributed by atoms with van der Waals surface area (Å²) >= 11 is 0. The predicted octanol–water partition coefficient (Wildman–Crippen LogP) is 3.73. The lowest BCUT2D eigenvalue weighted by atomic mass is 10.0. The summed E-state index contributed by atoms with van der Waals surface area (Å²) in [4.78, 5) is 0. The van der Waals surface area contributed by atoms with Crippen molar-refractivity contribution in [2.45, 2.75) is 33.1 Å². The molecule has 0 atom stereocenters. The highest BCUT2D eigenvalue weighted by molar-refractivity contribution is 5.65. The highest BCUT2D eigenvalue weighted by Crippen LogP contribution is 2.29. The van der Waals surface area contributed by atoms with E-state index in [1.807, 2.05) is 0 Å². The smallest absolute Gasteiger partial charge is 0.00552 e. The Morgan fingerprint density at radius 3 is 2.85 bits per heavy atom. The molecule has 0 N–H and O–H groups in total. The molecule has 0 bridgehead atoms. The number of allylic oxidation sites excluding steroid dienone is 1. The first-order valence-electron chi connectivity index (χ1n) is 5.09. The summed E-state index contributed by atoms with van der Waals surface area (Å²) in [5.74, 6) is 0. The molecule has 0 saturated heterocycles. The molecule has 0 nitrogen and oxygen atoms in total. The standard InChI is InChI=1S/C13H16/c1-3-5-11-8-12-7-4-6-10(2)13(12)9-11/h4,6-8H,3,5,9H2,1-2H3. The molecule has 0 heterocycles. The van der Waals surface area contributed by atoms with Crippen molar-refractivity contribution in [1.82, 2.24) is 0 Å². The summed E-state index contributed by atoms with van der Waals surface area (Å²) in [6.45, 7) is 4.46. The van der Waals surface area contributed by atoms with Gasteiger partial charge in [0.15, 0.2) is 0 Å². The molecule has 68 valence electrons. The van der Waals surface area contributed by atoms with E-state index in [1.165, 1.54) is 30.4 Å². The lowest BCUT2D eigenvalue weighted by Gasteiger charge is -2.02. The van der Waals surface area contributed by atoms with Gasteiger partial charge in [-0.1, -0.05) is 43.2 Å². The van der Waals surface area contributed by atoms with Gasteiger partial charge in [0, 0.05) is 0 Å². The summed E-state index contributed by atoms with van der Waals surface area (Å²) < 4.78 is 0. The molecule has 0 amide bonds. The van der Waals surface area contributed by atoms with Gasteiger partial charge >= 0.3 is 0 Å². The maximum absolute atomic E-state index is 2.37. The largest absolute Gasteiger partial charge is 0.0652 e. The minimum Gasteiger partial charge on any atom is -0.0652 e. The van der Waals surface area contributed by atoms with Gasteiger partial charge in [-0.05, 0) is 36.5 Å². The number of hydrogen-bond acceptors (Lipinski definition) is 0. The first-order chi connectivity index (χ1) is 6.31. The van der Waals surface area contributed by atoms with E-state index in [2.05, 4.69) is 38.1 Å². The monoisotopic (exact) mass is 172 g/mol. The third-order valence-electron chi connectivity index (χ3n) is 2.78. The molecule has 0 heteroatoms. The van der Waals surface area contributed by atoms with Crippen molar-refractivity contribution >= 4 is 6.08 Å². The number of rotatable bonds is 2. The van der Waals surface area contributed by atoms with Crippen molar-refractivity contribution < 1.29 is 0 Å². The van der Waals surface area contributed by atoms with Crippen LogP contribution in [0.3, 0.4) is 0 Å². The van der Waals surface area contributed by atoms with Crippen molar-refractivity contribution in [3.63, 3.8) is 0 Å². The normalized spacial score (nSPS) is 14.2. The topological polar surface area (TPSA) is 0 Å². The summed E-state index contributed by atoms with van der Waals surface area (Å²) in [7, 11) is 0. The van der Waals surface area contributed by atoms with Crippen LogP contribution in [0.5, 0.6) is 0 Å². The van der Waals surface area contributed by atoms with E-state index in [0.717, 1.165) is 0 Å². The van der Waals surface area contributed by atoms with Gasteiger partial charge < -0.3 is 0 Å². The highest BCUT2D eigenvalue weighted by atomic mass is 14.2. The van der Waals surface area contributed by atoms with Gasteiger partial charge in [0.25, 0.3) is 0 Å². The maximum Gasteiger partial charge on any atom is -0.00552 e. The molecule has 0 radical (unpaired) electrons. The van der Waals surface area contributed by atoms with Crippen LogP contribution in [0.1, 0.15) is 36.5 Å².